The van der Waals surface area contributed by atoms with Crippen molar-refractivity contribution in [3.8, 4) is 0 Å². The van der Waals surface area contributed by atoms with Gasteiger partial charge in [0.25, 0.3) is 0 Å². The Morgan fingerprint density at radius 1 is 1.39 bits per heavy atom. The number of amides is 1. The number of aromatic nitrogens is 2. The van der Waals surface area contributed by atoms with Crippen molar-refractivity contribution in [1.29, 1.82) is 0 Å². The Kier molecular flexibility index (Phi) is 4.17. The van der Waals surface area contributed by atoms with Gasteiger partial charge in [0.1, 0.15) is 5.15 Å². The largest absolute Gasteiger partial charge is 0.278 e. The second kappa shape index (κ2) is 5.84. The van der Waals surface area contributed by atoms with Crippen LogP contribution in [0, 0.1) is 0 Å². The fourth-order valence-electron chi connectivity index (χ4n) is 1.43. The van der Waals surface area contributed by atoms with E-state index in [-0.39, 0.29) is 5.95 Å². The quantitative estimate of drug-likeness (QED) is 0.490. The first-order chi connectivity index (χ1) is 8.74. The van der Waals surface area contributed by atoms with Crippen molar-refractivity contribution >= 4 is 41.4 Å². The predicted octanol–water partition coefficient (Wildman–Crippen LogP) is 3.15. The number of carbonyl (C=O) groups excluding carboxylic acids is 1. The van der Waals surface area contributed by atoms with Crippen LogP contribution in [-0.2, 0) is 4.79 Å². The molecule has 2 aromatic rings. The van der Waals surface area contributed by atoms with E-state index in [9.17, 15) is 4.79 Å². The standard InChI is InChI=1S/C12H10ClN3OS/c1-18-10-4-2-3-9(7-10)16(8-17)12-14-6-5-11(13)15-12/h2-8H,1H3. The van der Waals surface area contributed by atoms with E-state index in [0.29, 0.717) is 17.3 Å². The first-order valence-corrected chi connectivity index (χ1v) is 6.72. The van der Waals surface area contributed by atoms with E-state index in [1.807, 2.05) is 30.5 Å². The van der Waals surface area contributed by atoms with Crippen molar-refractivity contribution in [2.24, 2.45) is 0 Å². The number of hydrogen-bond acceptors (Lipinski definition) is 4. The van der Waals surface area contributed by atoms with Crippen LogP contribution in [0.5, 0.6) is 0 Å². The number of halogens is 1. The van der Waals surface area contributed by atoms with Crippen LogP contribution >= 0.6 is 23.4 Å². The first kappa shape index (κ1) is 12.9. The second-order valence-corrected chi connectivity index (χ2v) is 4.62. The monoisotopic (exact) mass is 279 g/mol. The second-order valence-electron chi connectivity index (χ2n) is 3.36. The fourth-order valence-corrected chi connectivity index (χ4v) is 2.01. The van der Waals surface area contributed by atoms with Gasteiger partial charge in [0.2, 0.25) is 12.4 Å². The number of anilines is 2. The maximum absolute atomic E-state index is 11.2. The maximum Gasteiger partial charge on any atom is 0.238 e. The summed E-state index contributed by atoms with van der Waals surface area (Å²) in [7, 11) is 0. The summed E-state index contributed by atoms with van der Waals surface area (Å²) >= 11 is 7.39. The highest BCUT2D eigenvalue weighted by atomic mass is 35.5. The maximum atomic E-state index is 11.2. The minimum atomic E-state index is 0.260. The predicted molar refractivity (Wildman–Crippen MR) is 73.5 cm³/mol. The highest BCUT2D eigenvalue weighted by Gasteiger charge is 2.11. The molecule has 0 N–H and O–H groups in total. The molecule has 6 heteroatoms. The molecule has 4 nitrogen and oxygen atoms in total. The minimum Gasteiger partial charge on any atom is -0.278 e. The lowest BCUT2D eigenvalue weighted by atomic mass is 10.3. The third kappa shape index (κ3) is 2.80. The Hall–Kier alpha value is -1.59. The van der Waals surface area contributed by atoms with Crippen LogP contribution in [0.4, 0.5) is 11.6 Å². The summed E-state index contributed by atoms with van der Waals surface area (Å²) in [4.78, 5) is 21.7. The van der Waals surface area contributed by atoms with E-state index in [2.05, 4.69) is 9.97 Å². The summed E-state index contributed by atoms with van der Waals surface area (Å²) in [5.41, 5.74) is 0.708. The Bertz CT molecular complexity index is 565. The normalized spacial score (nSPS) is 10.1. The van der Waals surface area contributed by atoms with Gasteiger partial charge in [0.05, 0.1) is 5.69 Å². The molecule has 0 aliphatic rings. The average molecular weight is 280 g/mol. The zero-order valence-electron chi connectivity index (χ0n) is 9.58. The molecule has 0 spiro atoms. The van der Waals surface area contributed by atoms with E-state index >= 15 is 0 Å². The Balaban J connectivity index is 2.41. The van der Waals surface area contributed by atoms with Gasteiger partial charge in [-0.15, -0.1) is 11.8 Å². The van der Waals surface area contributed by atoms with E-state index in [0.717, 1.165) is 4.90 Å². The molecule has 0 saturated heterocycles. The van der Waals surface area contributed by atoms with Gasteiger partial charge >= 0.3 is 0 Å². The molecule has 1 amide bonds. The van der Waals surface area contributed by atoms with Gasteiger partial charge < -0.3 is 0 Å². The number of carbonyl (C=O) groups is 1. The van der Waals surface area contributed by atoms with Gasteiger partial charge in [-0.25, -0.2) is 9.97 Å². The summed E-state index contributed by atoms with van der Waals surface area (Å²) in [5.74, 6) is 0.260. The van der Waals surface area contributed by atoms with Gasteiger partial charge in [-0.05, 0) is 30.5 Å². The lowest BCUT2D eigenvalue weighted by Crippen LogP contribution is -2.16. The third-order valence-corrected chi connectivity index (χ3v) is 3.20. The fraction of sp³-hybridized carbons (Fsp3) is 0.0833. The van der Waals surface area contributed by atoms with E-state index in [1.165, 1.54) is 11.1 Å². The smallest absolute Gasteiger partial charge is 0.238 e. The molecule has 18 heavy (non-hydrogen) atoms. The van der Waals surface area contributed by atoms with Crippen LogP contribution in [0.25, 0.3) is 0 Å². The molecule has 0 unspecified atom stereocenters. The van der Waals surface area contributed by atoms with Crippen LogP contribution in [-0.4, -0.2) is 22.6 Å². The molecule has 0 fully saturated rings. The van der Waals surface area contributed by atoms with Crippen molar-refractivity contribution in [3.05, 3.63) is 41.7 Å². The van der Waals surface area contributed by atoms with Gasteiger partial charge in [-0.3, -0.25) is 9.69 Å². The molecular formula is C12H10ClN3OS. The summed E-state index contributed by atoms with van der Waals surface area (Å²) in [5, 5.41) is 0.299. The molecular weight excluding hydrogens is 270 g/mol. The van der Waals surface area contributed by atoms with Crippen LogP contribution in [0.3, 0.4) is 0 Å². The lowest BCUT2D eigenvalue weighted by Gasteiger charge is -2.15. The van der Waals surface area contributed by atoms with Crippen LogP contribution in [0.15, 0.2) is 41.4 Å². The molecule has 0 aliphatic carbocycles. The van der Waals surface area contributed by atoms with Gasteiger partial charge in [-0.1, -0.05) is 17.7 Å². The van der Waals surface area contributed by atoms with Crippen molar-refractivity contribution in [2.45, 2.75) is 4.90 Å². The van der Waals surface area contributed by atoms with Crippen molar-refractivity contribution < 1.29 is 4.79 Å². The van der Waals surface area contributed by atoms with Crippen molar-refractivity contribution in [3.63, 3.8) is 0 Å². The Morgan fingerprint density at radius 3 is 2.89 bits per heavy atom. The molecule has 1 aromatic carbocycles. The number of thioether (sulfide) groups is 1. The van der Waals surface area contributed by atoms with Crippen LogP contribution in [0.2, 0.25) is 5.15 Å². The molecule has 1 heterocycles. The summed E-state index contributed by atoms with van der Waals surface area (Å²) in [6.07, 6.45) is 4.16. The van der Waals surface area contributed by atoms with Crippen molar-refractivity contribution in [2.75, 3.05) is 11.2 Å². The molecule has 0 radical (unpaired) electrons. The number of hydrogen-bond donors (Lipinski definition) is 0. The highest BCUT2D eigenvalue weighted by Crippen LogP contribution is 2.25. The summed E-state index contributed by atoms with van der Waals surface area (Å²) in [6, 6.07) is 9.12. The minimum absolute atomic E-state index is 0.260. The van der Waals surface area contributed by atoms with E-state index in [1.54, 1.807) is 17.8 Å². The summed E-state index contributed by atoms with van der Waals surface area (Å²) in [6.45, 7) is 0. The molecule has 1 aromatic heterocycles. The zero-order valence-corrected chi connectivity index (χ0v) is 11.1. The van der Waals surface area contributed by atoms with Gasteiger partial charge in [0, 0.05) is 11.1 Å². The van der Waals surface area contributed by atoms with Gasteiger partial charge in [-0.2, -0.15) is 0 Å². The van der Waals surface area contributed by atoms with E-state index in [4.69, 9.17) is 11.6 Å². The molecule has 0 atom stereocenters. The molecule has 2 rings (SSSR count). The third-order valence-electron chi connectivity index (χ3n) is 2.26. The average Bonchev–Trinajstić information content (AvgIpc) is 2.40. The van der Waals surface area contributed by atoms with Crippen LogP contribution < -0.4 is 4.90 Å². The Labute approximate surface area is 114 Å². The Morgan fingerprint density at radius 2 is 2.22 bits per heavy atom. The van der Waals surface area contributed by atoms with E-state index < -0.39 is 0 Å². The molecule has 0 aliphatic heterocycles. The topological polar surface area (TPSA) is 46.1 Å². The SMILES string of the molecule is CSc1cccc(N(C=O)c2nccc(Cl)n2)c1. The molecule has 0 bridgehead atoms. The molecule has 92 valence electrons. The van der Waals surface area contributed by atoms with Gasteiger partial charge in [0.15, 0.2) is 0 Å². The zero-order chi connectivity index (χ0) is 13.0. The first-order valence-electron chi connectivity index (χ1n) is 5.11. The van der Waals surface area contributed by atoms with Crippen LogP contribution in [0.1, 0.15) is 0 Å². The summed E-state index contributed by atoms with van der Waals surface area (Å²) < 4.78 is 0. The lowest BCUT2D eigenvalue weighted by molar-refractivity contribution is -0.106. The number of nitrogens with zero attached hydrogens (tertiary/aromatic N) is 3. The molecule has 0 saturated carbocycles. The number of rotatable bonds is 4. The van der Waals surface area contributed by atoms with Crippen molar-refractivity contribution in [1.82, 2.24) is 9.97 Å². The number of benzene rings is 1. The highest BCUT2D eigenvalue weighted by molar-refractivity contribution is 7.98.